The number of benzene rings is 2. The van der Waals surface area contributed by atoms with E-state index < -0.39 is 23.7 Å². The number of piperidine rings is 1. The number of aliphatic carboxylic acids is 1. The molecule has 7 nitrogen and oxygen atoms in total. The van der Waals surface area contributed by atoms with Crippen LogP contribution in [0, 0.1) is 0 Å². The van der Waals surface area contributed by atoms with Crippen LogP contribution in [0.1, 0.15) is 42.1 Å². The highest BCUT2D eigenvalue weighted by Crippen LogP contribution is 2.36. The maximum Gasteiger partial charge on any atom is 0.326 e. The number of hydrogen-bond donors (Lipinski definition) is 2. The minimum atomic E-state index is -1.02. The van der Waals surface area contributed by atoms with E-state index in [4.69, 9.17) is 23.2 Å². The normalized spacial score (nSPS) is 20.6. The molecule has 180 valence electrons. The van der Waals surface area contributed by atoms with E-state index in [1.165, 1.54) is 4.90 Å². The SMILES string of the molecule is CCC(C(=O)O)N1C(=O)C(Cc2ccccc2)NC12CCN(C(=O)c1ccc(Cl)c(Cl)c1)CC2. The van der Waals surface area contributed by atoms with E-state index in [-0.39, 0.29) is 11.8 Å². The van der Waals surface area contributed by atoms with Crippen molar-refractivity contribution in [2.24, 2.45) is 0 Å². The van der Waals surface area contributed by atoms with Crippen molar-refractivity contribution in [3.8, 4) is 0 Å². The molecule has 2 atom stereocenters. The Balaban J connectivity index is 1.56. The van der Waals surface area contributed by atoms with Crippen LogP contribution in [-0.4, -0.2) is 63.5 Å². The fraction of sp³-hybridized carbons (Fsp3) is 0.400. The van der Waals surface area contributed by atoms with Crippen molar-refractivity contribution in [3.05, 3.63) is 69.7 Å². The van der Waals surface area contributed by atoms with Gasteiger partial charge in [0.05, 0.1) is 21.7 Å². The van der Waals surface area contributed by atoms with Gasteiger partial charge in [-0.3, -0.25) is 14.9 Å². The van der Waals surface area contributed by atoms with Gasteiger partial charge >= 0.3 is 5.97 Å². The lowest BCUT2D eigenvalue weighted by Crippen LogP contribution is -2.63. The number of rotatable bonds is 6. The lowest BCUT2D eigenvalue weighted by atomic mass is 9.93. The number of nitrogens with one attached hydrogen (secondary N) is 1. The van der Waals surface area contributed by atoms with Gasteiger partial charge in [0.2, 0.25) is 5.91 Å². The molecule has 9 heteroatoms. The van der Waals surface area contributed by atoms with Crippen molar-refractivity contribution in [3.63, 3.8) is 0 Å². The van der Waals surface area contributed by atoms with Gasteiger partial charge in [-0.1, -0.05) is 60.5 Å². The zero-order valence-electron chi connectivity index (χ0n) is 18.8. The van der Waals surface area contributed by atoms with E-state index in [9.17, 15) is 19.5 Å². The Morgan fingerprint density at radius 1 is 1.12 bits per heavy atom. The summed E-state index contributed by atoms with van der Waals surface area (Å²) in [5.74, 6) is -1.40. The van der Waals surface area contributed by atoms with E-state index in [1.807, 2.05) is 30.3 Å². The molecule has 2 heterocycles. The van der Waals surface area contributed by atoms with Crippen LogP contribution in [0.4, 0.5) is 0 Å². The molecule has 2 N–H and O–H groups in total. The maximum absolute atomic E-state index is 13.5. The van der Waals surface area contributed by atoms with E-state index in [1.54, 1.807) is 30.0 Å². The molecule has 2 aromatic carbocycles. The van der Waals surface area contributed by atoms with Crippen LogP contribution in [0.25, 0.3) is 0 Å². The Bertz CT molecular complexity index is 1090. The number of carboxylic acids is 1. The highest BCUT2D eigenvalue weighted by Gasteiger charge is 2.55. The molecule has 2 aliphatic rings. The second-order valence-corrected chi connectivity index (χ2v) is 9.62. The first-order chi connectivity index (χ1) is 16.3. The zero-order chi connectivity index (χ0) is 24.5. The topological polar surface area (TPSA) is 89.9 Å². The van der Waals surface area contributed by atoms with Gasteiger partial charge in [-0.15, -0.1) is 0 Å². The van der Waals surface area contributed by atoms with Crippen LogP contribution in [0.5, 0.6) is 0 Å². The van der Waals surface area contributed by atoms with Gasteiger partial charge in [0.1, 0.15) is 6.04 Å². The number of carbonyl (C=O) groups is 3. The molecule has 2 aromatic rings. The Kier molecular flexibility index (Phi) is 7.17. The average Bonchev–Trinajstić information content (AvgIpc) is 3.07. The summed E-state index contributed by atoms with van der Waals surface area (Å²) in [6, 6.07) is 13.0. The van der Waals surface area contributed by atoms with Crippen molar-refractivity contribution in [2.75, 3.05) is 13.1 Å². The minimum absolute atomic E-state index is 0.171. The Morgan fingerprint density at radius 2 is 1.79 bits per heavy atom. The first-order valence-electron chi connectivity index (χ1n) is 11.4. The van der Waals surface area contributed by atoms with Gasteiger partial charge in [-0.05, 0) is 36.6 Å². The molecule has 0 aliphatic carbocycles. The predicted octanol–water partition coefficient (Wildman–Crippen LogP) is 3.83. The zero-order valence-corrected chi connectivity index (χ0v) is 20.4. The summed E-state index contributed by atoms with van der Waals surface area (Å²) < 4.78 is 0. The second-order valence-electron chi connectivity index (χ2n) is 8.81. The van der Waals surface area contributed by atoms with Gasteiger partial charge in [-0.2, -0.15) is 0 Å². The van der Waals surface area contributed by atoms with Crippen molar-refractivity contribution in [1.29, 1.82) is 0 Å². The fourth-order valence-electron chi connectivity index (χ4n) is 5.02. The summed E-state index contributed by atoms with van der Waals surface area (Å²) in [4.78, 5) is 41.8. The number of halogens is 2. The van der Waals surface area contributed by atoms with Gasteiger partial charge in [0.25, 0.3) is 5.91 Å². The third kappa shape index (κ3) is 4.65. The molecule has 34 heavy (non-hydrogen) atoms. The molecule has 4 rings (SSSR count). The largest absolute Gasteiger partial charge is 0.480 e. The third-order valence-corrected chi connectivity index (χ3v) is 7.49. The maximum atomic E-state index is 13.5. The van der Waals surface area contributed by atoms with Crippen molar-refractivity contribution in [2.45, 2.75) is 50.4 Å². The van der Waals surface area contributed by atoms with E-state index in [2.05, 4.69) is 5.32 Å². The molecular weight excluding hydrogens is 477 g/mol. The number of likely N-dealkylation sites (tertiary alicyclic amines) is 1. The molecule has 0 saturated carbocycles. The number of hydrogen-bond acceptors (Lipinski definition) is 4. The number of amides is 2. The molecule has 0 radical (unpaired) electrons. The van der Waals surface area contributed by atoms with Gasteiger partial charge in [-0.25, -0.2) is 4.79 Å². The Labute approximate surface area is 208 Å². The Morgan fingerprint density at radius 3 is 2.38 bits per heavy atom. The molecular formula is C25H27Cl2N3O4. The summed E-state index contributed by atoms with van der Waals surface area (Å²) in [5.41, 5.74) is 0.627. The minimum Gasteiger partial charge on any atom is -0.480 e. The van der Waals surface area contributed by atoms with Gasteiger partial charge in [0, 0.05) is 31.5 Å². The summed E-state index contributed by atoms with van der Waals surface area (Å²) in [6.45, 7) is 2.53. The smallest absolute Gasteiger partial charge is 0.326 e. The van der Waals surface area contributed by atoms with Crippen molar-refractivity contribution in [1.82, 2.24) is 15.1 Å². The van der Waals surface area contributed by atoms with Crippen LogP contribution in [0.2, 0.25) is 10.0 Å². The average molecular weight is 504 g/mol. The second kappa shape index (κ2) is 9.94. The quantitative estimate of drug-likeness (QED) is 0.624. The molecule has 2 unspecified atom stereocenters. The molecule has 0 aromatic heterocycles. The first kappa shape index (κ1) is 24.5. The predicted molar refractivity (Wildman–Crippen MR) is 130 cm³/mol. The van der Waals surface area contributed by atoms with Crippen LogP contribution < -0.4 is 5.32 Å². The monoisotopic (exact) mass is 503 g/mol. The van der Waals surface area contributed by atoms with Crippen molar-refractivity contribution < 1.29 is 19.5 Å². The van der Waals surface area contributed by atoms with Gasteiger partial charge < -0.3 is 14.9 Å². The molecule has 1 spiro atoms. The molecule has 2 amide bonds. The Hall–Kier alpha value is -2.61. The first-order valence-corrected chi connectivity index (χ1v) is 12.1. The summed E-state index contributed by atoms with van der Waals surface area (Å²) in [5, 5.41) is 14.0. The van der Waals surface area contributed by atoms with Crippen LogP contribution >= 0.6 is 23.2 Å². The van der Waals surface area contributed by atoms with E-state index in [0.29, 0.717) is 54.4 Å². The van der Waals surface area contributed by atoms with Crippen LogP contribution in [0.3, 0.4) is 0 Å². The lowest BCUT2D eigenvalue weighted by molar-refractivity contribution is -0.154. The van der Waals surface area contributed by atoms with Gasteiger partial charge in [0.15, 0.2) is 0 Å². The lowest BCUT2D eigenvalue weighted by Gasteiger charge is -2.46. The summed E-state index contributed by atoms with van der Waals surface area (Å²) in [7, 11) is 0. The molecule has 2 fully saturated rings. The number of nitrogens with zero attached hydrogens (tertiary/aromatic N) is 2. The fourth-order valence-corrected chi connectivity index (χ4v) is 5.32. The standard InChI is InChI=1S/C25H27Cl2N3O4/c1-2-21(24(33)34)30-23(32)20(14-16-6-4-3-5-7-16)28-25(30)10-12-29(13-11-25)22(31)17-8-9-18(26)19(27)15-17/h3-9,15,20-21,28H,2,10-14H2,1H3,(H,33,34). The molecule has 2 aliphatic heterocycles. The highest BCUT2D eigenvalue weighted by molar-refractivity contribution is 6.42. The molecule has 0 bridgehead atoms. The van der Waals surface area contributed by atoms with E-state index >= 15 is 0 Å². The summed E-state index contributed by atoms with van der Waals surface area (Å²) in [6.07, 6.45) is 1.64. The van der Waals surface area contributed by atoms with Crippen LogP contribution in [0.15, 0.2) is 48.5 Å². The molecule has 2 saturated heterocycles. The third-order valence-electron chi connectivity index (χ3n) is 6.75. The highest BCUT2D eigenvalue weighted by atomic mass is 35.5. The number of carbonyl (C=O) groups excluding carboxylic acids is 2. The van der Waals surface area contributed by atoms with Crippen molar-refractivity contribution >= 4 is 41.0 Å². The van der Waals surface area contributed by atoms with E-state index in [0.717, 1.165) is 5.56 Å². The number of carboxylic acid groups (broad SMARTS) is 1. The summed E-state index contributed by atoms with van der Waals surface area (Å²) >= 11 is 12.1. The van der Waals surface area contributed by atoms with Crippen LogP contribution in [-0.2, 0) is 16.0 Å².